The van der Waals surface area contributed by atoms with E-state index in [9.17, 15) is 0 Å². The molecule has 23 heavy (non-hydrogen) atoms. The van der Waals surface area contributed by atoms with Crippen LogP contribution in [0.4, 0.5) is 0 Å². The van der Waals surface area contributed by atoms with E-state index in [1.54, 1.807) is 7.11 Å². The predicted molar refractivity (Wildman–Crippen MR) is 90.4 cm³/mol. The molecule has 4 nitrogen and oxygen atoms in total. The van der Waals surface area contributed by atoms with Crippen molar-refractivity contribution in [3.63, 3.8) is 0 Å². The number of para-hydroxylation sites is 2. The standard InChI is InChI=1S/C18H20ClNO3/c1-21-15-7-2-3-8-16(15)23-18(17-12-20-9-10-22-17)13-5-4-6-14(19)11-13/h2-8,11,17-18,20H,9-10,12H2,1H3/t17-,18-/m0/s1. The lowest BCUT2D eigenvalue weighted by Gasteiger charge is -2.32. The van der Waals surface area contributed by atoms with E-state index in [2.05, 4.69) is 5.32 Å². The number of ether oxygens (including phenoxy) is 3. The van der Waals surface area contributed by atoms with Crippen LogP contribution >= 0.6 is 11.6 Å². The van der Waals surface area contributed by atoms with Crippen LogP contribution in [0.3, 0.4) is 0 Å². The number of morpholine rings is 1. The summed E-state index contributed by atoms with van der Waals surface area (Å²) >= 11 is 6.15. The fourth-order valence-electron chi connectivity index (χ4n) is 2.68. The third kappa shape index (κ3) is 3.96. The van der Waals surface area contributed by atoms with Gasteiger partial charge in [-0.15, -0.1) is 0 Å². The van der Waals surface area contributed by atoms with Gasteiger partial charge in [0, 0.05) is 18.1 Å². The highest BCUT2D eigenvalue weighted by Crippen LogP contribution is 2.34. The highest BCUT2D eigenvalue weighted by atomic mass is 35.5. The molecule has 0 bridgehead atoms. The van der Waals surface area contributed by atoms with Gasteiger partial charge in [0.15, 0.2) is 17.6 Å². The average molecular weight is 334 g/mol. The summed E-state index contributed by atoms with van der Waals surface area (Å²) in [5, 5.41) is 4.03. The summed E-state index contributed by atoms with van der Waals surface area (Å²) in [6.45, 7) is 2.25. The second-order valence-corrected chi connectivity index (χ2v) is 5.79. The number of methoxy groups -OCH3 is 1. The van der Waals surface area contributed by atoms with Crippen LogP contribution in [0.15, 0.2) is 48.5 Å². The van der Waals surface area contributed by atoms with Crippen LogP contribution in [0.25, 0.3) is 0 Å². The molecule has 2 atom stereocenters. The molecule has 1 aliphatic heterocycles. The van der Waals surface area contributed by atoms with Crippen molar-refractivity contribution in [2.75, 3.05) is 26.8 Å². The molecular formula is C18H20ClNO3. The first-order chi connectivity index (χ1) is 11.3. The molecule has 0 radical (unpaired) electrons. The van der Waals surface area contributed by atoms with Crippen molar-refractivity contribution in [2.45, 2.75) is 12.2 Å². The summed E-state index contributed by atoms with van der Waals surface area (Å²) < 4.78 is 17.6. The second kappa shape index (κ2) is 7.68. The van der Waals surface area contributed by atoms with Crippen molar-refractivity contribution >= 4 is 11.6 Å². The monoisotopic (exact) mass is 333 g/mol. The smallest absolute Gasteiger partial charge is 0.162 e. The number of rotatable bonds is 5. The van der Waals surface area contributed by atoms with Crippen LogP contribution in [0.5, 0.6) is 11.5 Å². The molecule has 0 spiro atoms. The summed E-state index contributed by atoms with van der Waals surface area (Å²) in [5.74, 6) is 1.39. The Labute approximate surface area is 141 Å². The summed E-state index contributed by atoms with van der Waals surface area (Å²) in [6.07, 6.45) is -0.357. The molecule has 2 aromatic rings. The van der Waals surface area contributed by atoms with Gasteiger partial charge < -0.3 is 19.5 Å². The first kappa shape index (κ1) is 16.1. The number of hydrogen-bond donors (Lipinski definition) is 1. The first-order valence-corrected chi connectivity index (χ1v) is 8.03. The lowest BCUT2D eigenvalue weighted by atomic mass is 10.0. The van der Waals surface area contributed by atoms with Crippen LogP contribution in [0, 0.1) is 0 Å². The van der Waals surface area contributed by atoms with E-state index in [1.807, 2.05) is 48.5 Å². The zero-order chi connectivity index (χ0) is 16.1. The number of hydrogen-bond acceptors (Lipinski definition) is 4. The van der Waals surface area contributed by atoms with E-state index in [4.69, 9.17) is 25.8 Å². The lowest BCUT2D eigenvalue weighted by molar-refractivity contribution is -0.0438. The van der Waals surface area contributed by atoms with Gasteiger partial charge in [0.2, 0.25) is 0 Å². The van der Waals surface area contributed by atoms with Gasteiger partial charge in [-0.05, 0) is 29.8 Å². The molecule has 1 aliphatic rings. The van der Waals surface area contributed by atoms with Gasteiger partial charge in [-0.25, -0.2) is 0 Å². The molecule has 2 aromatic carbocycles. The van der Waals surface area contributed by atoms with E-state index in [-0.39, 0.29) is 12.2 Å². The van der Waals surface area contributed by atoms with Gasteiger partial charge in [0.1, 0.15) is 6.10 Å². The fraction of sp³-hybridized carbons (Fsp3) is 0.333. The topological polar surface area (TPSA) is 39.7 Å². The van der Waals surface area contributed by atoms with Crippen LogP contribution in [0.2, 0.25) is 5.02 Å². The average Bonchev–Trinajstić information content (AvgIpc) is 2.60. The van der Waals surface area contributed by atoms with Crippen LogP contribution in [-0.4, -0.2) is 32.9 Å². The molecule has 0 aromatic heterocycles. The molecule has 0 aliphatic carbocycles. The van der Waals surface area contributed by atoms with E-state index in [0.717, 1.165) is 18.7 Å². The molecular weight excluding hydrogens is 314 g/mol. The van der Waals surface area contributed by atoms with E-state index < -0.39 is 0 Å². The summed E-state index contributed by atoms with van der Waals surface area (Å²) in [4.78, 5) is 0. The molecule has 0 unspecified atom stereocenters. The van der Waals surface area contributed by atoms with Gasteiger partial charge in [0.05, 0.1) is 13.7 Å². The molecule has 1 N–H and O–H groups in total. The molecule has 1 saturated heterocycles. The Morgan fingerprint density at radius 3 is 2.70 bits per heavy atom. The van der Waals surface area contributed by atoms with Crippen molar-refractivity contribution in [3.05, 3.63) is 59.1 Å². The van der Waals surface area contributed by atoms with Crippen LogP contribution in [0.1, 0.15) is 11.7 Å². The maximum atomic E-state index is 6.27. The van der Waals surface area contributed by atoms with Gasteiger partial charge in [-0.3, -0.25) is 0 Å². The van der Waals surface area contributed by atoms with Crippen LogP contribution in [-0.2, 0) is 4.74 Å². The highest BCUT2D eigenvalue weighted by molar-refractivity contribution is 6.30. The van der Waals surface area contributed by atoms with Crippen molar-refractivity contribution in [2.24, 2.45) is 0 Å². The Kier molecular flexibility index (Phi) is 5.39. The first-order valence-electron chi connectivity index (χ1n) is 7.65. The Balaban J connectivity index is 1.91. The van der Waals surface area contributed by atoms with Gasteiger partial charge in [-0.2, -0.15) is 0 Å². The predicted octanol–water partition coefficient (Wildman–Crippen LogP) is 3.46. The minimum Gasteiger partial charge on any atom is -0.493 e. The molecule has 3 rings (SSSR count). The molecule has 0 saturated carbocycles. The minimum atomic E-state index is -0.266. The summed E-state index contributed by atoms with van der Waals surface area (Å²) in [6, 6.07) is 15.3. The minimum absolute atomic E-state index is 0.0906. The van der Waals surface area contributed by atoms with E-state index >= 15 is 0 Å². The van der Waals surface area contributed by atoms with Gasteiger partial charge in [-0.1, -0.05) is 35.9 Å². The summed E-state index contributed by atoms with van der Waals surface area (Å²) in [5.41, 5.74) is 0.983. The zero-order valence-corrected chi connectivity index (χ0v) is 13.8. The molecule has 5 heteroatoms. The van der Waals surface area contributed by atoms with Gasteiger partial charge in [0.25, 0.3) is 0 Å². The lowest BCUT2D eigenvalue weighted by Crippen LogP contribution is -2.43. The number of nitrogens with one attached hydrogen (secondary N) is 1. The Bertz CT molecular complexity index is 644. The largest absolute Gasteiger partial charge is 0.493 e. The van der Waals surface area contributed by atoms with Crippen LogP contribution < -0.4 is 14.8 Å². The summed E-state index contributed by atoms with van der Waals surface area (Å²) in [7, 11) is 1.63. The van der Waals surface area contributed by atoms with Crippen molar-refractivity contribution in [3.8, 4) is 11.5 Å². The Morgan fingerprint density at radius 2 is 2.00 bits per heavy atom. The SMILES string of the molecule is COc1ccccc1O[C@@H](c1cccc(Cl)c1)[C@@H]1CNCCO1. The van der Waals surface area contributed by atoms with Crippen molar-refractivity contribution < 1.29 is 14.2 Å². The van der Waals surface area contributed by atoms with Gasteiger partial charge >= 0.3 is 0 Å². The number of benzene rings is 2. The quantitative estimate of drug-likeness (QED) is 0.909. The highest BCUT2D eigenvalue weighted by Gasteiger charge is 2.28. The van der Waals surface area contributed by atoms with Crippen molar-refractivity contribution in [1.82, 2.24) is 5.32 Å². The Hall–Kier alpha value is -1.75. The zero-order valence-electron chi connectivity index (χ0n) is 13.0. The fourth-order valence-corrected chi connectivity index (χ4v) is 2.87. The third-order valence-electron chi connectivity index (χ3n) is 3.79. The second-order valence-electron chi connectivity index (χ2n) is 5.36. The van der Waals surface area contributed by atoms with Crippen molar-refractivity contribution in [1.29, 1.82) is 0 Å². The molecule has 1 fully saturated rings. The maximum absolute atomic E-state index is 6.27. The normalized spacial score (nSPS) is 19.1. The number of halogens is 1. The van der Waals surface area contributed by atoms with E-state index in [1.165, 1.54) is 0 Å². The van der Waals surface area contributed by atoms with E-state index in [0.29, 0.717) is 23.1 Å². The molecule has 1 heterocycles. The Morgan fingerprint density at radius 1 is 1.17 bits per heavy atom. The molecule has 122 valence electrons. The molecule has 0 amide bonds. The third-order valence-corrected chi connectivity index (χ3v) is 4.03. The maximum Gasteiger partial charge on any atom is 0.162 e.